The molecule has 1 heterocycles. The van der Waals surface area contributed by atoms with Crippen molar-refractivity contribution in [2.24, 2.45) is 0 Å². The lowest BCUT2D eigenvalue weighted by atomic mass is 10.2. The first-order chi connectivity index (χ1) is 5.66. The highest BCUT2D eigenvalue weighted by molar-refractivity contribution is 14.1. The second-order valence-corrected chi connectivity index (χ2v) is 2.74. The molecule has 12 heavy (non-hydrogen) atoms. The van der Waals surface area contributed by atoms with Gasteiger partial charge < -0.3 is 14.7 Å². The molecule has 1 aromatic heterocycles. The Labute approximate surface area is 83.8 Å². The summed E-state index contributed by atoms with van der Waals surface area (Å²) < 4.78 is 2.82. The topological polar surface area (TPSA) is 87.7 Å². The molecule has 64 valence electrons. The van der Waals surface area contributed by atoms with Crippen molar-refractivity contribution in [2.75, 3.05) is 9.26 Å². The number of anilines is 2. The maximum absolute atomic E-state index is 7.42. The highest BCUT2D eigenvalue weighted by atomic mass is 127. The standard InChI is InChI=1S/C6H8IN5/c1-3(8)4-5(9)10-2-11-6(4)12-7/h2,8H,1H3,(H3,9,10,11,12). The largest absolute Gasteiger partial charge is 0.383 e. The lowest BCUT2D eigenvalue weighted by Crippen LogP contribution is -2.06. The molecular formula is C6H8IN5. The van der Waals surface area contributed by atoms with Gasteiger partial charge in [-0.1, -0.05) is 0 Å². The smallest absolute Gasteiger partial charge is 0.149 e. The number of hydrogen-bond acceptors (Lipinski definition) is 5. The Kier molecular flexibility index (Phi) is 2.79. The molecular weight excluding hydrogens is 269 g/mol. The van der Waals surface area contributed by atoms with Crippen LogP contribution in [0.15, 0.2) is 6.33 Å². The summed E-state index contributed by atoms with van der Waals surface area (Å²) in [6.45, 7) is 1.65. The average Bonchev–Trinajstić information content (AvgIpc) is 2.03. The highest BCUT2D eigenvalue weighted by Crippen LogP contribution is 2.18. The second kappa shape index (κ2) is 3.65. The zero-order valence-electron chi connectivity index (χ0n) is 6.43. The van der Waals surface area contributed by atoms with Crippen LogP contribution < -0.4 is 9.26 Å². The second-order valence-electron chi connectivity index (χ2n) is 2.20. The van der Waals surface area contributed by atoms with Crippen molar-refractivity contribution in [1.29, 1.82) is 5.41 Å². The van der Waals surface area contributed by atoms with Gasteiger partial charge in [0.05, 0.1) is 28.4 Å². The molecule has 6 heteroatoms. The van der Waals surface area contributed by atoms with Crippen LogP contribution in [0.3, 0.4) is 0 Å². The van der Waals surface area contributed by atoms with Crippen molar-refractivity contribution in [2.45, 2.75) is 6.92 Å². The normalized spacial score (nSPS) is 9.50. The van der Waals surface area contributed by atoms with Gasteiger partial charge in [0.2, 0.25) is 0 Å². The summed E-state index contributed by atoms with van der Waals surface area (Å²) in [6.07, 6.45) is 1.36. The number of nitrogens with one attached hydrogen (secondary N) is 2. The van der Waals surface area contributed by atoms with Gasteiger partial charge in [0, 0.05) is 5.71 Å². The summed E-state index contributed by atoms with van der Waals surface area (Å²) in [5.41, 5.74) is 6.48. The third-order valence-electron chi connectivity index (χ3n) is 1.34. The predicted molar refractivity (Wildman–Crippen MR) is 56.6 cm³/mol. The molecule has 0 saturated carbocycles. The maximum atomic E-state index is 7.42. The Morgan fingerprint density at radius 1 is 1.67 bits per heavy atom. The van der Waals surface area contributed by atoms with Crippen LogP contribution in [0.4, 0.5) is 11.6 Å². The van der Waals surface area contributed by atoms with E-state index in [0.29, 0.717) is 22.9 Å². The Bertz CT molecular complexity index is 311. The van der Waals surface area contributed by atoms with Gasteiger partial charge in [-0.2, -0.15) is 0 Å². The number of nitrogens with two attached hydrogens (primary N) is 1. The summed E-state index contributed by atoms with van der Waals surface area (Å²) >= 11 is 1.94. The van der Waals surface area contributed by atoms with Crippen molar-refractivity contribution in [3.63, 3.8) is 0 Å². The van der Waals surface area contributed by atoms with E-state index in [9.17, 15) is 0 Å². The number of halogens is 1. The van der Waals surface area contributed by atoms with E-state index in [4.69, 9.17) is 11.1 Å². The van der Waals surface area contributed by atoms with E-state index in [1.54, 1.807) is 6.92 Å². The number of nitrogen functional groups attached to an aromatic ring is 1. The number of nitrogens with zero attached hydrogens (tertiary/aromatic N) is 2. The molecule has 1 rings (SSSR count). The van der Waals surface area contributed by atoms with Crippen molar-refractivity contribution in [1.82, 2.24) is 9.97 Å². The molecule has 0 aliphatic heterocycles. The van der Waals surface area contributed by atoms with Crippen molar-refractivity contribution in [3.8, 4) is 0 Å². The monoisotopic (exact) mass is 277 g/mol. The van der Waals surface area contributed by atoms with Crippen molar-refractivity contribution in [3.05, 3.63) is 11.9 Å². The van der Waals surface area contributed by atoms with Gasteiger partial charge in [-0.25, -0.2) is 9.97 Å². The molecule has 5 nitrogen and oxygen atoms in total. The van der Waals surface area contributed by atoms with E-state index in [-0.39, 0.29) is 0 Å². The van der Waals surface area contributed by atoms with Crippen LogP contribution in [0.1, 0.15) is 12.5 Å². The number of hydrogen-bond donors (Lipinski definition) is 3. The summed E-state index contributed by atoms with van der Waals surface area (Å²) in [6, 6.07) is 0. The van der Waals surface area contributed by atoms with Gasteiger partial charge in [0.15, 0.2) is 0 Å². The van der Waals surface area contributed by atoms with Crippen LogP contribution in [0, 0.1) is 5.41 Å². The first-order valence-electron chi connectivity index (χ1n) is 3.19. The van der Waals surface area contributed by atoms with Gasteiger partial charge in [-0.15, -0.1) is 0 Å². The zero-order chi connectivity index (χ0) is 9.14. The molecule has 0 aromatic carbocycles. The Morgan fingerprint density at radius 3 is 2.75 bits per heavy atom. The Morgan fingerprint density at radius 2 is 2.33 bits per heavy atom. The van der Waals surface area contributed by atoms with Crippen LogP contribution in [0.2, 0.25) is 0 Å². The zero-order valence-corrected chi connectivity index (χ0v) is 8.58. The van der Waals surface area contributed by atoms with Crippen molar-refractivity contribution < 1.29 is 0 Å². The Balaban J connectivity index is 3.29. The van der Waals surface area contributed by atoms with Crippen LogP contribution in [0.25, 0.3) is 0 Å². The lowest BCUT2D eigenvalue weighted by Gasteiger charge is -2.06. The fraction of sp³-hybridized carbons (Fsp3) is 0.167. The van der Waals surface area contributed by atoms with Gasteiger partial charge in [-0.05, 0) is 6.92 Å². The Hall–Kier alpha value is -0.920. The van der Waals surface area contributed by atoms with Gasteiger partial charge in [-0.3, -0.25) is 0 Å². The van der Waals surface area contributed by atoms with Gasteiger partial charge in [0.1, 0.15) is 18.0 Å². The fourth-order valence-electron chi connectivity index (χ4n) is 0.841. The summed E-state index contributed by atoms with van der Waals surface area (Å²) in [7, 11) is 0. The molecule has 0 aliphatic rings. The summed E-state index contributed by atoms with van der Waals surface area (Å²) in [5.74, 6) is 0.910. The summed E-state index contributed by atoms with van der Waals surface area (Å²) in [4.78, 5) is 7.72. The van der Waals surface area contributed by atoms with E-state index in [1.807, 2.05) is 22.9 Å². The van der Waals surface area contributed by atoms with Crippen LogP contribution >= 0.6 is 22.9 Å². The minimum Gasteiger partial charge on any atom is -0.383 e. The molecule has 0 fully saturated rings. The predicted octanol–water partition coefficient (Wildman–Crippen LogP) is 1.21. The first-order valence-corrected chi connectivity index (χ1v) is 4.27. The molecule has 0 atom stereocenters. The van der Waals surface area contributed by atoms with E-state index in [2.05, 4.69) is 13.5 Å². The van der Waals surface area contributed by atoms with E-state index < -0.39 is 0 Å². The third-order valence-corrected chi connectivity index (χ3v) is 1.85. The molecule has 4 N–H and O–H groups in total. The molecule has 0 bridgehead atoms. The SMILES string of the molecule is CC(=N)c1c(N)ncnc1NI. The van der Waals surface area contributed by atoms with Crippen LogP contribution in [0.5, 0.6) is 0 Å². The molecule has 0 unspecified atom stereocenters. The molecule has 0 radical (unpaired) electrons. The van der Waals surface area contributed by atoms with Crippen LogP contribution in [-0.2, 0) is 0 Å². The maximum Gasteiger partial charge on any atom is 0.149 e. The van der Waals surface area contributed by atoms with Gasteiger partial charge >= 0.3 is 0 Å². The molecule has 0 amide bonds. The molecule has 1 aromatic rings. The summed E-state index contributed by atoms with van der Waals surface area (Å²) in [5, 5.41) is 7.42. The average molecular weight is 277 g/mol. The molecule has 0 spiro atoms. The highest BCUT2D eigenvalue weighted by Gasteiger charge is 2.09. The third kappa shape index (κ3) is 1.63. The van der Waals surface area contributed by atoms with E-state index in [0.717, 1.165) is 0 Å². The molecule has 0 saturated heterocycles. The van der Waals surface area contributed by atoms with Crippen LogP contribution in [-0.4, -0.2) is 15.7 Å². The number of rotatable bonds is 2. The van der Waals surface area contributed by atoms with Gasteiger partial charge in [0.25, 0.3) is 0 Å². The molecule has 0 aliphatic carbocycles. The fourth-order valence-corrected chi connectivity index (χ4v) is 1.25. The first kappa shape index (κ1) is 9.17. The number of aromatic nitrogens is 2. The minimum atomic E-state index is 0.330. The quantitative estimate of drug-likeness (QED) is 0.430. The van der Waals surface area contributed by atoms with Crippen molar-refractivity contribution >= 4 is 40.2 Å². The lowest BCUT2D eigenvalue weighted by molar-refractivity contribution is 1.17. The van der Waals surface area contributed by atoms with E-state index in [1.165, 1.54) is 6.33 Å². The van der Waals surface area contributed by atoms with E-state index >= 15 is 0 Å². The minimum absolute atomic E-state index is 0.330.